The topological polar surface area (TPSA) is 49.4 Å². The van der Waals surface area contributed by atoms with Gasteiger partial charge in [-0.1, -0.05) is 36.3 Å². The second-order valence-corrected chi connectivity index (χ2v) is 5.57. The third kappa shape index (κ3) is 4.92. The summed E-state index contributed by atoms with van der Waals surface area (Å²) in [5.41, 5.74) is 1.36. The van der Waals surface area contributed by atoms with Crippen molar-refractivity contribution in [1.82, 2.24) is 10.2 Å². The fourth-order valence-corrected chi connectivity index (χ4v) is 2.76. The van der Waals surface area contributed by atoms with Crippen molar-refractivity contribution in [2.75, 3.05) is 19.6 Å². The van der Waals surface area contributed by atoms with Gasteiger partial charge in [-0.25, -0.2) is 0 Å². The number of piperidine rings is 1. The van der Waals surface area contributed by atoms with Gasteiger partial charge in [0.15, 0.2) is 0 Å². The van der Waals surface area contributed by atoms with Crippen LogP contribution in [0.1, 0.15) is 25.3 Å². The van der Waals surface area contributed by atoms with E-state index in [1.807, 2.05) is 11.0 Å². The molecule has 0 spiro atoms. The molecule has 2 rings (SSSR count). The fourth-order valence-electron chi connectivity index (χ4n) is 2.76. The molecule has 0 bridgehead atoms. The number of hydrogen-bond acceptors (Lipinski definition) is 2. The molecule has 1 saturated heterocycles. The summed E-state index contributed by atoms with van der Waals surface area (Å²) in [5, 5.41) is 2.53. The van der Waals surface area contributed by atoms with Gasteiger partial charge in [0.1, 0.15) is 0 Å². The zero-order chi connectivity index (χ0) is 15.8. The summed E-state index contributed by atoms with van der Waals surface area (Å²) in [4.78, 5) is 25.1. The molecule has 1 aromatic carbocycles. The molecule has 0 aromatic heterocycles. The van der Waals surface area contributed by atoms with E-state index in [0.717, 1.165) is 32.4 Å². The molecule has 0 saturated carbocycles. The predicted molar refractivity (Wildman–Crippen MR) is 85.9 cm³/mol. The van der Waals surface area contributed by atoms with Gasteiger partial charge in [0.2, 0.25) is 5.91 Å². The van der Waals surface area contributed by atoms with E-state index >= 15 is 0 Å². The maximum absolute atomic E-state index is 12.0. The Morgan fingerprint density at radius 1 is 1.23 bits per heavy atom. The Kier molecular flexibility index (Phi) is 6.02. The van der Waals surface area contributed by atoms with Crippen LogP contribution in [0.2, 0.25) is 0 Å². The van der Waals surface area contributed by atoms with E-state index < -0.39 is 5.91 Å². The molecule has 4 heteroatoms. The minimum atomic E-state index is -0.394. The van der Waals surface area contributed by atoms with Crippen molar-refractivity contribution in [3.63, 3.8) is 0 Å². The molecular weight excluding hydrogens is 276 g/mol. The minimum absolute atomic E-state index is 0.0237. The zero-order valence-electron chi connectivity index (χ0n) is 13.0. The Balaban J connectivity index is 1.73. The molecule has 0 unspecified atom stereocenters. The van der Waals surface area contributed by atoms with E-state index in [1.165, 1.54) is 5.56 Å². The summed E-state index contributed by atoms with van der Waals surface area (Å²) < 4.78 is 0. The summed E-state index contributed by atoms with van der Waals surface area (Å²) in [6.07, 6.45) is 3.11. The highest BCUT2D eigenvalue weighted by atomic mass is 16.2. The summed E-state index contributed by atoms with van der Waals surface area (Å²) in [5.74, 6) is 5.09. The molecule has 4 nitrogen and oxygen atoms in total. The highest BCUT2D eigenvalue weighted by Crippen LogP contribution is 2.21. The van der Waals surface area contributed by atoms with Crippen molar-refractivity contribution < 1.29 is 9.59 Å². The Bertz CT molecular complexity index is 564. The molecule has 0 atom stereocenters. The lowest BCUT2D eigenvalue weighted by Crippen LogP contribution is -2.44. The van der Waals surface area contributed by atoms with E-state index in [4.69, 9.17) is 0 Å². The number of amides is 2. The van der Waals surface area contributed by atoms with Crippen molar-refractivity contribution >= 4 is 11.8 Å². The number of carbonyl (C=O) groups is 2. The standard InChI is InChI=1S/C18H22N2O2/c1-2-6-17(21)19-14-18(22)20-11-9-16(10-12-20)13-15-7-4-3-5-8-15/h3-5,7-8,16H,9-14H2,1H3,(H,19,21). The number of rotatable bonds is 4. The molecule has 1 aromatic rings. The molecule has 1 N–H and O–H groups in total. The molecule has 0 aliphatic carbocycles. The normalized spacial score (nSPS) is 14.9. The first-order valence-electron chi connectivity index (χ1n) is 7.71. The first-order valence-corrected chi connectivity index (χ1v) is 7.71. The second-order valence-electron chi connectivity index (χ2n) is 5.57. The van der Waals surface area contributed by atoms with Crippen LogP contribution in [0.25, 0.3) is 0 Å². The monoisotopic (exact) mass is 298 g/mol. The second kappa shape index (κ2) is 8.23. The third-order valence-electron chi connectivity index (χ3n) is 3.97. The number of carbonyl (C=O) groups excluding carboxylic acids is 2. The van der Waals surface area contributed by atoms with E-state index in [9.17, 15) is 9.59 Å². The van der Waals surface area contributed by atoms with Crippen LogP contribution >= 0.6 is 0 Å². The molecule has 1 aliphatic heterocycles. The van der Waals surface area contributed by atoms with Gasteiger partial charge < -0.3 is 10.2 Å². The minimum Gasteiger partial charge on any atom is -0.341 e. The van der Waals surface area contributed by atoms with E-state index in [2.05, 4.69) is 41.4 Å². The van der Waals surface area contributed by atoms with Crippen LogP contribution in [-0.2, 0) is 16.0 Å². The van der Waals surface area contributed by atoms with Gasteiger partial charge >= 0.3 is 0 Å². The van der Waals surface area contributed by atoms with Gasteiger partial charge in [0, 0.05) is 13.1 Å². The summed E-state index contributed by atoms with van der Waals surface area (Å²) in [6.45, 7) is 3.17. The summed E-state index contributed by atoms with van der Waals surface area (Å²) in [7, 11) is 0. The Hall–Kier alpha value is -2.28. The van der Waals surface area contributed by atoms with Crippen LogP contribution in [0.3, 0.4) is 0 Å². The quantitative estimate of drug-likeness (QED) is 0.859. The van der Waals surface area contributed by atoms with Gasteiger partial charge in [0.25, 0.3) is 5.91 Å². The average Bonchev–Trinajstić information content (AvgIpc) is 2.54. The van der Waals surface area contributed by atoms with Gasteiger partial charge in [-0.15, -0.1) is 0 Å². The molecule has 1 heterocycles. The van der Waals surface area contributed by atoms with Crippen LogP contribution in [0.4, 0.5) is 0 Å². The zero-order valence-corrected chi connectivity index (χ0v) is 13.0. The van der Waals surface area contributed by atoms with E-state index in [1.54, 1.807) is 6.92 Å². The number of hydrogen-bond donors (Lipinski definition) is 1. The molecule has 116 valence electrons. The maximum atomic E-state index is 12.0. The lowest BCUT2D eigenvalue weighted by molar-refractivity contribution is -0.133. The number of nitrogens with zero attached hydrogens (tertiary/aromatic N) is 1. The van der Waals surface area contributed by atoms with Gasteiger partial charge in [0.05, 0.1) is 6.54 Å². The lowest BCUT2D eigenvalue weighted by atomic mass is 9.90. The summed E-state index contributed by atoms with van der Waals surface area (Å²) >= 11 is 0. The Morgan fingerprint density at radius 2 is 1.91 bits per heavy atom. The molecule has 2 amide bonds. The van der Waals surface area contributed by atoms with Crippen molar-refractivity contribution in [3.05, 3.63) is 35.9 Å². The largest absolute Gasteiger partial charge is 0.341 e. The highest BCUT2D eigenvalue weighted by Gasteiger charge is 2.22. The molecule has 22 heavy (non-hydrogen) atoms. The fraction of sp³-hybridized carbons (Fsp3) is 0.444. The maximum Gasteiger partial charge on any atom is 0.296 e. The first kappa shape index (κ1) is 16.1. The van der Waals surface area contributed by atoms with Crippen molar-refractivity contribution in [2.24, 2.45) is 5.92 Å². The average molecular weight is 298 g/mol. The number of benzene rings is 1. The van der Waals surface area contributed by atoms with Crippen LogP contribution < -0.4 is 5.32 Å². The lowest BCUT2D eigenvalue weighted by Gasteiger charge is -2.32. The number of likely N-dealkylation sites (tertiary alicyclic amines) is 1. The van der Waals surface area contributed by atoms with Crippen LogP contribution in [0.5, 0.6) is 0 Å². The number of nitrogens with one attached hydrogen (secondary N) is 1. The third-order valence-corrected chi connectivity index (χ3v) is 3.97. The summed E-state index contributed by atoms with van der Waals surface area (Å²) in [6, 6.07) is 10.5. The van der Waals surface area contributed by atoms with Crippen molar-refractivity contribution in [2.45, 2.75) is 26.2 Å². The van der Waals surface area contributed by atoms with Crippen LogP contribution in [0.15, 0.2) is 30.3 Å². The first-order chi connectivity index (χ1) is 10.7. The highest BCUT2D eigenvalue weighted by molar-refractivity contribution is 5.95. The smallest absolute Gasteiger partial charge is 0.296 e. The van der Waals surface area contributed by atoms with Crippen LogP contribution in [0, 0.1) is 17.8 Å². The van der Waals surface area contributed by atoms with Crippen LogP contribution in [-0.4, -0.2) is 36.3 Å². The predicted octanol–water partition coefficient (Wildman–Crippen LogP) is 1.61. The Morgan fingerprint density at radius 3 is 2.55 bits per heavy atom. The van der Waals surface area contributed by atoms with Gasteiger partial charge in [-0.3, -0.25) is 9.59 Å². The molecule has 0 radical (unpaired) electrons. The molecular formula is C18H22N2O2. The van der Waals surface area contributed by atoms with Crippen molar-refractivity contribution in [1.29, 1.82) is 0 Å². The van der Waals surface area contributed by atoms with Gasteiger partial charge in [-0.2, -0.15) is 0 Å². The van der Waals surface area contributed by atoms with E-state index in [-0.39, 0.29) is 12.5 Å². The van der Waals surface area contributed by atoms with Gasteiger partial charge in [-0.05, 0) is 43.6 Å². The van der Waals surface area contributed by atoms with Crippen molar-refractivity contribution in [3.8, 4) is 11.8 Å². The Labute approximate surface area is 131 Å². The van der Waals surface area contributed by atoms with E-state index in [0.29, 0.717) is 5.92 Å². The molecule has 1 fully saturated rings. The molecule has 1 aliphatic rings. The SMILES string of the molecule is CC#CC(=O)NCC(=O)N1CCC(Cc2ccccc2)CC1.